The van der Waals surface area contributed by atoms with E-state index in [1.54, 1.807) is 29.8 Å². The third-order valence-electron chi connectivity index (χ3n) is 2.84. The molecular formula is C12H11N3OS. The number of carbonyl (C=O) groups is 1. The molecule has 1 amide bonds. The molecule has 0 radical (unpaired) electrons. The fourth-order valence-electron chi connectivity index (χ4n) is 1.87. The summed E-state index contributed by atoms with van der Waals surface area (Å²) in [5.41, 5.74) is 0. The SMILES string of the molecule is O=C(Nc1ncccn1)C1CC1c1cccs1. The zero-order valence-corrected chi connectivity index (χ0v) is 9.85. The average molecular weight is 245 g/mol. The summed E-state index contributed by atoms with van der Waals surface area (Å²) in [5, 5.41) is 4.78. The van der Waals surface area contributed by atoms with E-state index in [0.29, 0.717) is 11.9 Å². The molecule has 4 nitrogen and oxygen atoms in total. The number of aromatic nitrogens is 2. The standard InChI is InChI=1S/C12H11N3OS/c16-11(15-12-13-4-2-5-14-12)9-7-8(9)10-3-1-6-17-10/h1-6,8-9H,7H2,(H,13,14,15,16). The van der Waals surface area contributed by atoms with Crippen LogP contribution in [-0.2, 0) is 4.79 Å². The molecule has 0 spiro atoms. The van der Waals surface area contributed by atoms with Crippen LogP contribution in [0.4, 0.5) is 5.95 Å². The third-order valence-corrected chi connectivity index (χ3v) is 3.84. The van der Waals surface area contributed by atoms with Crippen molar-refractivity contribution in [2.75, 3.05) is 5.32 Å². The number of rotatable bonds is 3. The maximum atomic E-state index is 11.9. The molecule has 2 unspecified atom stereocenters. The molecule has 1 aliphatic rings. The summed E-state index contributed by atoms with van der Waals surface area (Å²) in [6.45, 7) is 0. The number of thiophene rings is 1. The van der Waals surface area contributed by atoms with Crippen LogP contribution in [0.25, 0.3) is 0 Å². The van der Waals surface area contributed by atoms with Crippen LogP contribution in [0.5, 0.6) is 0 Å². The zero-order valence-electron chi connectivity index (χ0n) is 9.04. The molecular weight excluding hydrogens is 234 g/mol. The van der Waals surface area contributed by atoms with Crippen LogP contribution in [0.15, 0.2) is 36.0 Å². The van der Waals surface area contributed by atoms with Gasteiger partial charge in [0.2, 0.25) is 11.9 Å². The smallest absolute Gasteiger partial charge is 0.230 e. The molecule has 0 saturated heterocycles. The molecule has 2 aromatic rings. The number of hydrogen-bond acceptors (Lipinski definition) is 4. The van der Waals surface area contributed by atoms with Crippen LogP contribution in [0, 0.1) is 5.92 Å². The molecule has 2 atom stereocenters. The van der Waals surface area contributed by atoms with E-state index in [9.17, 15) is 4.79 Å². The van der Waals surface area contributed by atoms with Gasteiger partial charge in [-0.2, -0.15) is 0 Å². The Balaban J connectivity index is 1.62. The largest absolute Gasteiger partial charge is 0.294 e. The van der Waals surface area contributed by atoms with Gasteiger partial charge < -0.3 is 0 Å². The predicted octanol–water partition coefficient (Wildman–Crippen LogP) is 2.28. The summed E-state index contributed by atoms with van der Waals surface area (Å²) in [6, 6.07) is 5.83. The lowest BCUT2D eigenvalue weighted by Crippen LogP contribution is -2.16. The highest BCUT2D eigenvalue weighted by atomic mass is 32.1. The van der Waals surface area contributed by atoms with Gasteiger partial charge in [-0.25, -0.2) is 9.97 Å². The summed E-state index contributed by atoms with van der Waals surface area (Å²) in [4.78, 5) is 21.1. The first-order valence-corrected chi connectivity index (χ1v) is 6.34. The Hall–Kier alpha value is -1.75. The van der Waals surface area contributed by atoms with E-state index < -0.39 is 0 Å². The Morgan fingerprint density at radius 1 is 1.35 bits per heavy atom. The quantitative estimate of drug-likeness (QED) is 0.902. The van der Waals surface area contributed by atoms with Crippen molar-refractivity contribution in [2.24, 2.45) is 5.92 Å². The summed E-state index contributed by atoms with van der Waals surface area (Å²) in [7, 11) is 0. The van der Waals surface area contributed by atoms with Crippen molar-refractivity contribution in [3.63, 3.8) is 0 Å². The van der Waals surface area contributed by atoms with Crippen LogP contribution >= 0.6 is 11.3 Å². The van der Waals surface area contributed by atoms with E-state index >= 15 is 0 Å². The van der Waals surface area contributed by atoms with E-state index in [1.807, 2.05) is 11.4 Å². The first-order chi connectivity index (χ1) is 8.34. The number of amides is 1. The van der Waals surface area contributed by atoms with Crippen LogP contribution in [0.3, 0.4) is 0 Å². The van der Waals surface area contributed by atoms with E-state index in [1.165, 1.54) is 4.88 Å². The molecule has 1 fully saturated rings. The van der Waals surface area contributed by atoms with Crippen molar-refractivity contribution >= 4 is 23.2 Å². The van der Waals surface area contributed by atoms with Crippen molar-refractivity contribution in [1.82, 2.24) is 9.97 Å². The molecule has 2 aromatic heterocycles. The topological polar surface area (TPSA) is 54.9 Å². The van der Waals surface area contributed by atoms with Crippen molar-refractivity contribution in [3.05, 3.63) is 40.8 Å². The molecule has 1 N–H and O–H groups in total. The van der Waals surface area contributed by atoms with Crippen LogP contribution in [0.1, 0.15) is 17.2 Å². The molecule has 0 bridgehead atoms. The average Bonchev–Trinajstić information content (AvgIpc) is 2.98. The van der Waals surface area contributed by atoms with Gasteiger partial charge in [-0.3, -0.25) is 10.1 Å². The predicted molar refractivity (Wildman–Crippen MR) is 65.8 cm³/mol. The maximum absolute atomic E-state index is 11.9. The molecule has 86 valence electrons. The van der Waals surface area contributed by atoms with Gasteiger partial charge in [-0.05, 0) is 23.9 Å². The highest BCUT2D eigenvalue weighted by Crippen LogP contribution is 2.49. The van der Waals surface area contributed by atoms with Gasteiger partial charge in [-0.1, -0.05) is 6.07 Å². The summed E-state index contributed by atoms with van der Waals surface area (Å²) in [6.07, 6.45) is 4.16. The Morgan fingerprint density at radius 2 is 2.18 bits per heavy atom. The zero-order chi connectivity index (χ0) is 11.7. The van der Waals surface area contributed by atoms with Gasteiger partial charge in [0.1, 0.15) is 0 Å². The van der Waals surface area contributed by atoms with Crippen molar-refractivity contribution in [2.45, 2.75) is 12.3 Å². The third kappa shape index (κ3) is 2.19. The van der Waals surface area contributed by atoms with Gasteiger partial charge in [0.15, 0.2) is 0 Å². The van der Waals surface area contributed by atoms with Gasteiger partial charge in [0.25, 0.3) is 0 Å². The minimum atomic E-state index is 0.0228. The number of carbonyl (C=O) groups excluding carboxylic acids is 1. The van der Waals surface area contributed by atoms with Crippen molar-refractivity contribution in [1.29, 1.82) is 0 Å². The maximum Gasteiger partial charge on any atom is 0.230 e. The Labute approximate surface area is 103 Å². The second-order valence-electron chi connectivity index (χ2n) is 4.03. The Morgan fingerprint density at radius 3 is 2.88 bits per heavy atom. The van der Waals surface area contributed by atoms with Crippen LogP contribution < -0.4 is 5.32 Å². The van der Waals surface area contributed by atoms with Gasteiger partial charge >= 0.3 is 0 Å². The lowest BCUT2D eigenvalue weighted by atomic mass is 10.2. The molecule has 1 aliphatic carbocycles. The molecule has 17 heavy (non-hydrogen) atoms. The summed E-state index contributed by atoms with van der Waals surface area (Å²) in [5.74, 6) is 0.875. The minimum absolute atomic E-state index is 0.0228. The molecule has 0 aromatic carbocycles. The minimum Gasteiger partial charge on any atom is -0.294 e. The van der Waals surface area contributed by atoms with Gasteiger partial charge in [0.05, 0.1) is 0 Å². The fourth-order valence-corrected chi connectivity index (χ4v) is 2.77. The van der Waals surface area contributed by atoms with Crippen LogP contribution in [-0.4, -0.2) is 15.9 Å². The first kappa shape index (κ1) is 10.4. The van der Waals surface area contributed by atoms with E-state index in [4.69, 9.17) is 0 Å². The van der Waals surface area contributed by atoms with Crippen molar-refractivity contribution < 1.29 is 4.79 Å². The van der Waals surface area contributed by atoms with Crippen LogP contribution in [0.2, 0.25) is 0 Å². The molecule has 3 rings (SSSR count). The Kier molecular flexibility index (Phi) is 2.60. The van der Waals surface area contributed by atoms with E-state index in [2.05, 4.69) is 21.4 Å². The lowest BCUT2D eigenvalue weighted by Gasteiger charge is -2.01. The highest BCUT2D eigenvalue weighted by molar-refractivity contribution is 7.10. The second kappa shape index (κ2) is 4.25. The monoisotopic (exact) mass is 245 g/mol. The molecule has 2 heterocycles. The molecule has 0 aliphatic heterocycles. The van der Waals surface area contributed by atoms with Gasteiger partial charge in [-0.15, -0.1) is 11.3 Å². The van der Waals surface area contributed by atoms with Crippen molar-refractivity contribution in [3.8, 4) is 0 Å². The van der Waals surface area contributed by atoms with E-state index in [0.717, 1.165) is 6.42 Å². The second-order valence-corrected chi connectivity index (χ2v) is 5.01. The number of nitrogens with zero attached hydrogens (tertiary/aromatic N) is 2. The highest BCUT2D eigenvalue weighted by Gasteiger charge is 2.44. The fraction of sp³-hybridized carbons (Fsp3) is 0.250. The number of hydrogen-bond donors (Lipinski definition) is 1. The molecule has 5 heteroatoms. The number of anilines is 1. The van der Waals surface area contributed by atoms with Gasteiger partial charge in [0, 0.05) is 29.1 Å². The first-order valence-electron chi connectivity index (χ1n) is 5.46. The normalized spacial score (nSPS) is 22.1. The summed E-state index contributed by atoms with van der Waals surface area (Å²) < 4.78 is 0. The Bertz CT molecular complexity index is 512. The molecule has 1 saturated carbocycles. The van der Waals surface area contributed by atoms with E-state index in [-0.39, 0.29) is 11.8 Å². The number of nitrogens with one attached hydrogen (secondary N) is 1. The lowest BCUT2D eigenvalue weighted by molar-refractivity contribution is -0.117. The summed E-state index contributed by atoms with van der Waals surface area (Å²) >= 11 is 1.71.